The number of nitrogens with zero attached hydrogens (tertiary/aromatic N) is 2. The summed E-state index contributed by atoms with van der Waals surface area (Å²) in [7, 11) is 0. The summed E-state index contributed by atoms with van der Waals surface area (Å²) in [6.45, 7) is 1.63. The summed E-state index contributed by atoms with van der Waals surface area (Å²) in [6.07, 6.45) is 2.51. The van der Waals surface area contributed by atoms with Crippen LogP contribution in [0.1, 0.15) is 17.8 Å². The Kier molecular flexibility index (Phi) is 1.46. The lowest BCUT2D eigenvalue weighted by Gasteiger charge is -2.10. The monoisotopic (exact) mass is 185 g/mol. The molecule has 13 heavy (non-hydrogen) atoms. The highest BCUT2D eigenvalue weighted by molar-refractivity contribution is 5.32. The van der Waals surface area contributed by atoms with Crippen molar-refractivity contribution >= 4 is 0 Å². The largest absolute Gasteiger partial charge is 0.315 e. The third-order valence-corrected chi connectivity index (χ3v) is 2.33. The number of halogens is 2. The zero-order valence-electron chi connectivity index (χ0n) is 7.09. The average Bonchev–Trinajstić information content (AvgIpc) is 2.53. The first-order valence-corrected chi connectivity index (χ1v) is 3.92. The molecule has 0 saturated heterocycles. The van der Waals surface area contributed by atoms with E-state index in [1.54, 1.807) is 6.92 Å². The van der Waals surface area contributed by atoms with Crippen molar-refractivity contribution in [1.29, 1.82) is 0 Å². The van der Waals surface area contributed by atoms with Gasteiger partial charge >= 0.3 is 0 Å². The molecule has 2 rings (SSSR count). The van der Waals surface area contributed by atoms with Crippen LogP contribution >= 0.6 is 0 Å². The molecule has 0 amide bonds. The molecule has 0 aliphatic heterocycles. The molecule has 1 heterocycles. The van der Waals surface area contributed by atoms with E-state index in [1.807, 2.05) is 0 Å². The second-order valence-electron chi connectivity index (χ2n) is 3.34. The third kappa shape index (κ3) is 1.03. The summed E-state index contributed by atoms with van der Waals surface area (Å²) in [5.41, 5.74) is 4.60. The second kappa shape index (κ2) is 2.23. The molecular formula is C8H9F2N3. The second-order valence-corrected chi connectivity index (χ2v) is 3.34. The van der Waals surface area contributed by atoms with Crippen LogP contribution in [0.25, 0.3) is 0 Å². The Balaban J connectivity index is 2.44. The van der Waals surface area contributed by atoms with Crippen molar-refractivity contribution in [2.75, 3.05) is 0 Å². The number of nitrogens with two attached hydrogens (primary N) is 1. The predicted molar refractivity (Wildman–Crippen MR) is 42.2 cm³/mol. The maximum absolute atomic E-state index is 12.9. The Morgan fingerprint density at radius 1 is 1.38 bits per heavy atom. The Hall–Kier alpha value is -1.10. The van der Waals surface area contributed by atoms with Gasteiger partial charge in [0.15, 0.2) is 0 Å². The predicted octanol–water partition coefficient (Wildman–Crippen LogP) is 0.978. The summed E-state index contributed by atoms with van der Waals surface area (Å²) in [6, 6.07) is 0. The Morgan fingerprint density at radius 2 is 1.92 bits per heavy atom. The van der Waals surface area contributed by atoms with Gasteiger partial charge in [-0.3, -0.25) is 9.97 Å². The Bertz CT molecular complexity index is 353. The van der Waals surface area contributed by atoms with E-state index in [4.69, 9.17) is 5.73 Å². The molecule has 1 unspecified atom stereocenters. The SMILES string of the molecule is Cc1nccnc1C1(N)CC1(F)F. The van der Waals surface area contributed by atoms with Crippen LogP contribution in [0, 0.1) is 6.92 Å². The van der Waals surface area contributed by atoms with E-state index in [-0.39, 0.29) is 12.1 Å². The van der Waals surface area contributed by atoms with Gasteiger partial charge in [0.1, 0.15) is 5.54 Å². The fourth-order valence-corrected chi connectivity index (χ4v) is 1.41. The average molecular weight is 185 g/mol. The van der Waals surface area contributed by atoms with Crippen LogP contribution in [-0.4, -0.2) is 15.9 Å². The molecule has 5 heteroatoms. The Labute approximate surface area is 74.0 Å². The van der Waals surface area contributed by atoms with Gasteiger partial charge in [-0.2, -0.15) is 0 Å². The highest BCUT2D eigenvalue weighted by Crippen LogP contribution is 2.57. The minimum Gasteiger partial charge on any atom is -0.315 e. The van der Waals surface area contributed by atoms with E-state index in [0.717, 1.165) is 0 Å². The molecular weight excluding hydrogens is 176 g/mol. The minimum absolute atomic E-state index is 0.208. The molecule has 1 aromatic heterocycles. The molecule has 0 aromatic carbocycles. The van der Waals surface area contributed by atoms with Crippen molar-refractivity contribution in [2.24, 2.45) is 5.73 Å². The number of alkyl halides is 2. The third-order valence-electron chi connectivity index (χ3n) is 2.33. The molecule has 1 aliphatic carbocycles. The van der Waals surface area contributed by atoms with E-state index in [0.29, 0.717) is 5.69 Å². The van der Waals surface area contributed by atoms with E-state index < -0.39 is 11.5 Å². The van der Waals surface area contributed by atoms with Crippen molar-refractivity contribution in [3.63, 3.8) is 0 Å². The summed E-state index contributed by atoms with van der Waals surface area (Å²) >= 11 is 0. The van der Waals surface area contributed by atoms with Gasteiger partial charge in [-0.15, -0.1) is 0 Å². The molecule has 0 radical (unpaired) electrons. The smallest absolute Gasteiger partial charge is 0.274 e. The highest BCUT2D eigenvalue weighted by atomic mass is 19.3. The lowest BCUT2D eigenvalue weighted by molar-refractivity contribution is 0.0878. The highest BCUT2D eigenvalue weighted by Gasteiger charge is 2.71. The van der Waals surface area contributed by atoms with Gasteiger partial charge in [0.05, 0.1) is 11.4 Å². The van der Waals surface area contributed by atoms with Gasteiger partial charge in [0, 0.05) is 18.8 Å². The van der Waals surface area contributed by atoms with Crippen LogP contribution < -0.4 is 5.73 Å². The van der Waals surface area contributed by atoms with Crippen LogP contribution in [0.5, 0.6) is 0 Å². The zero-order valence-corrected chi connectivity index (χ0v) is 7.09. The summed E-state index contributed by atoms with van der Waals surface area (Å²) < 4.78 is 25.7. The van der Waals surface area contributed by atoms with Crippen molar-refractivity contribution in [2.45, 2.75) is 24.8 Å². The number of rotatable bonds is 1. The number of hydrogen-bond acceptors (Lipinski definition) is 3. The van der Waals surface area contributed by atoms with Crippen LogP contribution in [0.3, 0.4) is 0 Å². The van der Waals surface area contributed by atoms with Crippen LogP contribution in [0.4, 0.5) is 8.78 Å². The first kappa shape index (κ1) is 8.50. The lowest BCUT2D eigenvalue weighted by atomic mass is 10.1. The molecule has 70 valence electrons. The topological polar surface area (TPSA) is 51.8 Å². The number of hydrogen-bond donors (Lipinski definition) is 1. The summed E-state index contributed by atoms with van der Waals surface area (Å²) in [4.78, 5) is 7.72. The van der Waals surface area contributed by atoms with Crippen LogP contribution in [-0.2, 0) is 5.54 Å². The van der Waals surface area contributed by atoms with Gasteiger partial charge in [-0.25, -0.2) is 8.78 Å². The van der Waals surface area contributed by atoms with E-state index in [2.05, 4.69) is 9.97 Å². The molecule has 2 N–H and O–H groups in total. The molecule has 1 aliphatic rings. The van der Waals surface area contributed by atoms with Crippen molar-refractivity contribution in [3.05, 3.63) is 23.8 Å². The molecule has 1 fully saturated rings. The molecule has 0 bridgehead atoms. The first-order chi connectivity index (χ1) is 5.97. The minimum atomic E-state index is -2.83. The van der Waals surface area contributed by atoms with Crippen molar-refractivity contribution in [3.8, 4) is 0 Å². The van der Waals surface area contributed by atoms with Gasteiger partial charge in [-0.1, -0.05) is 0 Å². The fourth-order valence-electron chi connectivity index (χ4n) is 1.41. The first-order valence-electron chi connectivity index (χ1n) is 3.92. The maximum atomic E-state index is 12.9. The van der Waals surface area contributed by atoms with Crippen LogP contribution in [0.2, 0.25) is 0 Å². The molecule has 1 aromatic rings. The number of aryl methyl sites for hydroxylation is 1. The van der Waals surface area contributed by atoms with E-state index >= 15 is 0 Å². The maximum Gasteiger partial charge on any atom is 0.274 e. The standard InChI is InChI=1S/C8H9F2N3/c1-5-6(13-3-2-12-5)7(11)4-8(7,9)10/h2-3H,4,11H2,1H3. The fraction of sp³-hybridized carbons (Fsp3) is 0.500. The van der Waals surface area contributed by atoms with Crippen LogP contribution in [0.15, 0.2) is 12.4 Å². The molecule has 3 nitrogen and oxygen atoms in total. The number of aromatic nitrogens is 2. The van der Waals surface area contributed by atoms with Gasteiger partial charge < -0.3 is 5.73 Å². The quantitative estimate of drug-likeness (QED) is 0.709. The Morgan fingerprint density at radius 3 is 2.38 bits per heavy atom. The van der Waals surface area contributed by atoms with Gasteiger partial charge in [0.2, 0.25) is 0 Å². The van der Waals surface area contributed by atoms with E-state index in [9.17, 15) is 8.78 Å². The normalized spacial score (nSPS) is 30.2. The summed E-state index contributed by atoms with van der Waals surface area (Å²) in [5, 5.41) is 0. The lowest BCUT2D eigenvalue weighted by Crippen LogP contribution is -2.29. The van der Waals surface area contributed by atoms with Crippen molar-refractivity contribution in [1.82, 2.24) is 9.97 Å². The van der Waals surface area contributed by atoms with E-state index in [1.165, 1.54) is 12.4 Å². The van der Waals surface area contributed by atoms with Gasteiger partial charge in [0.25, 0.3) is 5.92 Å². The molecule has 1 saturated carbocycles. The van der Waals surface area contributed by atoms with Crippen molar-refractivity contribution < 1.29 is 8.78 Å². The molecule has 0 spiro atoms. The zero-order chi connectivity index (χ0) is 9.69. The summed E-state index contributed by atoms with van der Waals surface area (Å²) in [5.74, 6) is -2.83. The van der Waals surface area contributed by atoms with Gasteiger partial charge in [-0.05, 0) is 6.92 Å². The molecule has 1 atom stereocenters.